The molecule has 1 rings (SSSR count). The van der Waals surface area contributed by atoms with Crippen LogP contribution in [0.1, 0.15) is 19.4 Å². The van der Waals surface area contributed by atoms with E-state index in [1.165, 1.54) is 12.1 Å². The first kappa shape index (κ1) is 16.6. The average Bonchev–Trinajstić information content (AvgIpc) is 2.48. The first-order valence-electron chi connectivity index (χ1n) is 6.84. The molecule has 0 aliphatic rings. The van der Waals surface area contributed by atoms with Crippen LogP contribution in [0.15, 0.2) is 83.6 Å². The third kappa shape index (κ3) is 7.63. The van der Waals surface area contributed by atoms with Gasteiger partial charge in [-0.3, -0.25) is 4.99 Å². The van der Waals surface area contributed by atoms with Crippen molar-refractivity contribution < 1.29 is 4.39 Å². The molecule has 1 aromatic carbocycles. The molecular weight excluding hydrogens is 261 g/mol. The molecule has 0 atom stereocenters. The van der Waals surface area contributed by atoms with Gasteiger partial charge in [-0.05, 0) is 43.2 Å². The maximum Gasteiger partial charge on any atom is 0.123 e. The van der Waals surface area contributed by atoms with E-state index < -0.39 is 0 Å². The zero-order valence-corrected chi connectivity index (χ0v) is 12.4. The average molecular weight is 281 g/mol. The fourth-order valence-corrected chi connectivity index (χ4v) is 1.54. The molecule has 2 heteroatoms. The van der Waals surface area contributed by atoms with Crippen molar-refractivity contribution in [3.8, 4) is 0 Å². The van der Waals surface area contributed by atoms with Crippen molar-refractivity contribution in [1.82, 2.24) is 0 Å². The smallest absolute Gasteiger partial charge is 0.123 e. The van der Waals surface area contributed by atoms with Gasteiger partial charge >= 0.3 is 0 Å². The molecule has 0 amide bonds. The van der Waals surface area contributed by atoms with E-state index in [0.717, 1.165) is 11.1 Å². The molecule has 0 aliphatic heterocycles. The lowest BCUT2D eigenvalue weighted by Gasteiger charge is -1.94. The van der Waals surface area contributed by atoms with Crippen LogP contribution in [0.4, 0.5) is 4.39 Å². The van der Waals surface area contributed by atoms with Crippen molar-refractivity contribution in [2.24, 2.45) is 4.99 Å². The van der Waals surface area contributed by atoms with Crippen molar-refractivity contribution in [3.63, 3.8) is 0 Å². The van der Waals surface area contributed by atoms with Gasteiger partial charge in [0.25, 0.3) is 0 Å². The molecule has 0 aliphatic carbocycles. The van der Waals surface area contributed by atoms with Gasteiger partial charge in [0.05, 0.1) is 0 Å². The summed E-state index contributed by atoms with van der Waals surface area (Å²) < 4.78 is 13.1. The molecule has 108 valence electrons. The Kier molecular flexibility index (Phi) is 8.15. The molecule has 0 saturated carbocycles. The van der Waals surface area contributed by atoms with Crippen LogP contribution in [0.5, 0.6) is 0 Å². The minimum atomic E-state index is -0.235. The highest BCUT2D eigenvalue weighted by molar-refractivity contribution is 5.72. The van der Waals surface area contributed by atoms with E-state index in [1.54, 1.807) is 18.5 Å². The molecule has 0 heterocycles. The number of halogens is 1. The predicted octanol–water partition coefficient (Wildman–Crippen LogP) is 5.50. The molecule has 0 saturated heterocycles. The van der Waals surface area contributed by atoms with Crippen LogP contribution in [-0.4, -0.2) is 6.21 Å². The summed E-state index contributed by atoms with van der Waals surface area (Å²) in [6.45, 7) is 3.91. The molecule has 21 heavy (non-hydrogen) atoms. The van der Waals surface area contributed by atoms with Crippen molar-refractivity contribution in [1.29, 1.82) is 0 Å². The summed E-state index contributed by atoms with van der Waals surface area (Å²) >= 11 is 0. The Morgan fingerprint density at radius 3 is 2.62 bits per heavy atom. The lowest BCUT2D eigenvalue weighted by Crippen LogP contribution is -1.76. The zero-order chi connectivity index (χ0) is 15.3. The second-order valence-electron chi connectivity index (χ2n) is 4.23. The fourth-order valence-electron chi connectivity index (χ4n) is 1.54. The van der Waals surface area contributed by atoms with E-state index in [-0.39, 0.29) is 5.82 Å². The van der Waals surface area contributed by atoms with Crippen LogP contribution in [0.2, 0.25) is 0 Å². The van der Waals surface area contributed by atoms with Crippen LogP contribution < -0.4 is 0 Å². The Morgan fingerprint density at radius 1 is 1.05 bits per heavy atom. The topological polar surface area (TPSA) is 12.4 Å². The van der Waals surface area contributed by atoms with Gasteiger partial charge in [-0.15, -0.1) is 0 Å². The number of hydrogen-bond acceptors (Lipinski definition) is 1. The number of aliphatic imine (C=N–C) groups is 1. The highest BCUT2D eigenvalue weighted by Crippen LogP contribution is 2.08. The van der Waals surface area contributed by atoms with E-state index in [4.69, 9.17) is 0 Å². The number of nitrogens with zero attached hydrogens (tertiary/aromatic N) is 1. The first-order valence-corrected chi connectivity index (χ1v) is 6.84. The van der Waals surface area contributed by atoms with Gasteiger partial charge in [0.1, 0.15) is 5.82 Å². The molecule has 0 N–H and O–H groups in total. The summed E-state index contributed by atoms with van der Waals surface area (Å²) in [5.74, 6) is -0.235. The van der Waals surface area contributed by atoms with Gasteiger partial charge < -0.3 is 0 Å². The maximum atomic E-state index is 13.1. The van der Waals surface area contributed by atoms with E-state index in [2.05, 4.69) is 4.99 Å². The van der Waals surface area contributed by atoms with Gasteiger partial charge in [0.2, 0.25) is 0 Å². The summed E-state index contributed by atoms with van der Waals surface area (Å²) in [5, 5.41) is 0. The Labute approximate surface area is 126 Å². The van der Waals surface area contributed by atoms with E-state index in [0.29, 0.717) is 0 Å². The molecule has 0 unspecified atom stereocenters. The molecule has 0 fully saturated rings. The molecule has 0 spiro atoms. The normalized spacial score (nSPS) is 13.8. The van der Waals surface area contributed by atoms with Crippen molar-refractivity contribution >= 4 is 12.3 Å². The van der Waals surface area contributed by atoms with Gasteiger partial charge in [0, 0.05) is 12.4 Å². The van der Waals surface area contributed by atoms with Crippen molar-refractivity contribution in [2.75, 3.05) is 0 Å². The van der Waals surface area contributed by atoms with Gasteiger partial charge in [-0.25, -0.2) is 4.39 Å². The SMILES string of the molecule is C\C=C/C(/C=C/c1cccc(F)c1)=C\N=C/C=C\C=C\C. The summed E-state index contributed by atoms with van der Waals surface area (Å²) in [4.78, 5) is 4.21. The van der Waals surface area contributed by atoms with Gasteiger partial charge in [-0.1, -0.05) is 54.7 Å². The third-order valence-electron chi connectivity index (χ3n) is 2.49. The number of allylic oxidation sites excluding steroid dienone is 8. The Morgan fingerprint density at radius 2 is 1.90 bits per heavy atom. The van der Waals surface area contributed by atoms with Crippen LogP contribution in [0.3, 0.4) is 0 Å². The van der Waals surface area contributed by atoms with E-state index in [9.17, 15) is 4.39 Å². The molecule has 0 radical (unpaired) electrons. The first-order chi connectivity index (χ1) is 10.3. The minimum absolute atomic E-state index is 0.235. The zero-order valence-electron chi connectivity index (χ0n) is 12.4. The summed E-state index contributed by atoms with van der Waals surface area (Å²) in [6.07, 6.45) is 18.8. The number of benzene rings is 1. The van der Waals surface area contributed by atoms with Gasteiger partial charge in [-0.2, -0.15) is 0 Å². The minimum Gasteiger partial charge on any atom is -0.264 e. The number of rotatable bonds is 6. The predicted molar refractivity (Wildman–Crippen MR) is 90.8 cm³/mol. The second kappa shape index (κ2) is 10.3. The third-order valence-corrected chi connectivity index (χ3v) is 2.49. The van der Waals surface area contributed by atoms with Crippen LogP contribution in [0, 0.1) is 5.82 Å². The Balaban J connectivity index is 2.77. The van der Waals surface area contributed by atoms with Gasteiger partial charge in [0.15, 0.2) is 0 Å². The Hall–Kier alpha value is -2.48. The van der Waals surface area contributed by atoms with Crippen molar-refractivity contribution in [2.45, 2.75) is 13.8 Å². The molecular formula is C19H20FN. The standard InChI is InChI=1S/C19H20FN/c1-3-5-6-7-14-21-16-18(9-4-2)13-12-17-10-8-11-19(20)15-17/h3-16H,1-2H3/b5-3+,7-6-,9-4-,13-12+,18-16+,21-14-. The highest BCUT2D eigenvalue weighted by atomic mass is 19.1. The maximum absolute atomic E-state index is 13.1. The summed E-state index contributed by atoms with van der Waals surface area (Å²) in [6, 6.07) is 6.47. The molecule has 0 aromatic heterocycles. The monoisotopic (exact) mass is 281 g/mol. The molecule has 1 nitrogen and oxygen atoms in total. The van der Waals surface area contributed by atoms with E-state index in [1.807, 2.05) is 68.5 Å². The molecule has 0 bridgehead atoms. The quantitative estimate of drug-likeness (QED) is 0.482. The van der Waals surface area contributed by atoms with Crippen molar-refractivity contribution in [3.05, 3.63) is 90.0 Å². The lowest BCUT2D eigenvalue weighted by atomic mass is 10.1. The molecule has 1 aromatic rings. The van der Waals surface area contributed by atoms with Crippen LogP contribution in [0.25, 0.3) is 6.08 Å². The summed E-state index contributed by atoms with van der Waals surface area (Å²) in [7, 11) is 0. The number of hydrogen-bond donors (Lipinski definition) is 0. The lowest BCUT2D eigenvalue weighted by molar-refractivity contribution is 0.627. The Bertz CT molecular complexity index is 602. The fraction of sp³-hybridized carbons (Fsp3) is 0.105. The second-order valence-corrected chi connectivity index (χ2v) is 4.23. The largest absolute Gasteiger partial charge is 0.264 e. The van der Waals surface area contributed by atoms with E-state index >= 15 is 0 Å². The highest BCUT2D eigenvalue weighted by Gasteiger charge is 1.90. The summed E-state index contributed by atoms with van der Waals surface area (Å²) in [5.41, 5.74) is 1.76. The van der Waals surface area contributed by atoms with Crippen LogP contribution in [-0.2, 0) is 0 Å². The van der Waals surface area contributed by atoms with Crippen LogP contribution >= 0.6 is 0 Å².